The van der Waals surface area contributed by atoms with Crippen LogP contribution in [0.1, 0.15) is 12.5 Å². The minimum Gasteiger partial charge on any atom is -0.398 e. The van der Waals surface area contributed by atoms with Gasteiger partial charge < -0.3 is 10.5 Å². The molecule has 1 atom stereocenters. The highest BCUT2D eigenvalue weighted by molar-refractivity contribution is 7.89. The van der Waals surface area contributed by atoms with Crippen molar-refractivity contribution in [3.05, 3.63) is 23.8 Å². The van der Waals surface area contributed by atoms with Crippen LogP contribution in [0.25, 0.3) is 0 Å². The lowest BCUT2D eigenvalue weighted by Crippen LogP contribution is -2.46. The molecule has 1 fully saturated rings. The Kier molecular flexibility index (Phi) is 5.21. The smallest absolute Gasteiger partial charge is 0.241 e. The average molecular weight is 313 g/mol. The van der Waals surface area contributed by atoms with E-state index in [1.54, 1.807) is 25.1 Å². The topological polar surface area (TPSA) is 84.7 Å². The number of hydrogen-bond acceptors (Lipinski definition) is 5. The van der Waals surface area contributed by atoms with E-state index in [4.69, 9.17) is 10.5 Å². The lowest BCUT2D eigenvalue weighted by atomic mass is 10.2. The number of ether oxygens (including phenoxy) is 1. The second-order valence-corrected chi connectivity index (χ2v) is 7.09. The fourth-order valence-electron chi connectivity index (χ4n) is 2.46. The maximum absolute atomic E-state index is 12.4. The molecule has 1 unspecified atom stereocenters. The Balaban J connectivity index is 2.04. The highest BCUT2D eigenvalue weighted by Crippen LogP contribution is 2.20. The number of nitrogen functional groups attached to an aromatic ring is 1. The van der Waals surface area contributed by atoms with Gasteiger partial charge in [-0.25, -0.2) is 13.1 Å². The monoisotopic (exact) mass is 313 g/mol. The lowest BCUT2D eigenvalue weighted by Gasteiger charge is -2.29. The van der Waals surface area contributed by atoms with Gasteiger partial charge in [0.2, 0.25) is 10.0 Å². The van der Waals surface area contributed by atoms with Crippen LogP contribution in [-0.4, -0.2) is 52.2 Å². The quantitative estimate of drug-likeness (QED) is 0.777. The molecule has 0 spiro atoms. The Morgan fingerprint density at radius 2 is 2.05 bits per heavy atom. The zero-order valence-electron chi connectivity index (χ0n) is 12.5. The molecule has 1 aromatic rings. The molecule has 0 bridgehead atoms. The molecule has 1 heterocycles. The first-order chi connectivity index (χ1) is 9.90. The van der Waals surface area contributed by atoms with Gasteiger partial charge in [-0.1, -0.05) is 6.07 Å². The van der Waals surface area contributed by atoms with Crippen LogP contribution in [0.2, 0.25) is 0 Å². The molecule has 1 aliphatic heterocycles. The Bertz CT molecular complexity index is 583. The summed E-state index contributed by atoms with van der Waals surface area (Å²) in [6, 6.07) is 4.76. The summed E-state index contributed by atoms with van der Waals surface area (Å²) in [6.45, 7) is 7.34. The summed E-state index contributed by atoms with van der Waals surface area (Å²) in [5, 5.41) is 0. The van der Waals surface area contributed by atoms with Crippen LogP contribution in [0.15, 0.2) is 23.1 Å². The molecule has 1 saturated heterocycles. The Morgan fingerprint density at radius 1 is 1.38 bits per heavy atom. The van der Waals surface area contributed by atoms with Gasteiger partial charge in [-0.2, -0.15) is 0 Å². The molecule has 0 aliphatic carbocycles. The van der Waals surface area contributed by atoms with Crippen molar-refractivity contribution in [3.8, 4) is 0 Å². The molecule has 0 aromatic heterocycles. The van der Waals surface area contributed by atoms with Crippen molar-refractivity contribution in [2.75, 3.05) is 38.6 Å². The van der Waals surface area contributed by atoms with E-state index in [1.807, 2.05) is 6.92 Å². The van der Waals surface area contributed by atoms with Crippen LogP contribution >= 0.6 is 0 Å². The second kappa shape index (κ2) is 6.74. The average Bonchev–Trinajstić information content (AvgIpc) is 2.42. The van der Waals surface area contributed by atoms with Crippen LogP contribution in [-0.2, 0) is 14.8 Å². The minimum absolute atomic E-state index is 0.172. The van der Waals surface area contributed by atoms with Gasteiger partial charge in [0.1, 0.15) is 0 Å². The number of morpholine rings is 1. The van der Waals surface area contributed by atoms with E-state index < -0.39 is 10.0 Å². The molecule has 0 radical (unpaired) electrons. The van der Waals surface area contributed by atoms with E-state index in [9.17, 15) is 8.42 Å². The molecule has 6 nitrogen and oxygen atoms in total. The van der Waals surface area contributed by atoms with Crippen molar-refractivity contribution in [2.24, 2.45) is 0 Å². The van der Waals surface area contributed by atoms with Crippen LogP contribution in [0.3, 0.4) is 0 Å². The van der Waals surface area contributed by atoms with Gasteiger partial charge in [-0.05, 0) is 31.5 Å². The van der Waals surface area contributed by atoms with Gasteiger partial charge in [-0.15, -0.1) is 0 Å². The van der Waals surface area contributed by atoms with E-state index >= 15 is 0 Å². The first-order valence-corrected chi connectivity index (χ1v) is 8.56. The maximum Gasteiger partial charge on any atom is 0.241 e. The van der Waals surface area contributed by atoms with Crippen molar-refractivity contribution < 1.29 is 13.2 Å². The predicted octanol–water partition coefficient (Wildman–Crippen LogP) is 0.576. The zero-order chi connectivity index (χ0) is 15.5. The number of nitrogens with one attached hydrogen (secondary N) is 1. The summed E-state index contributed by atoms with van der Waals surface area (Å²) in [4.78, 5) is 2.44. The SMILES string of the molecule is Cc1c(N)cccc1S(=O)(=O)NC(C)CN1CCOCC1. The molecule has 2 rings (SSSR count). The van der Waals surface area contributed by atoms with Crippen LogP contribution in [0.5, 0.6) is 0 Å². The van der Waals surface area contributed by atoms with Crippen LogP contribution in [0, 0.1) is 6.92 Å². The minimum atomic E-state index is -3.55. The number of nitrogens with zero attached hydrogens (tertiary/aromatic N) is 1. The Morgan fingerprint density at radius 3 is 2.71 bits per heavy atom. The number of benzene rings is 1. The summed E-state index contributed by atoms with van der Waals surface area (Å²) in [5.74, 6) is 0. The van der Waals surface area contributed by atoms with Crippen LogP contribution in [0.4, 0.5) is 5.69 Å². The third-order valence-electron chi connectivity index (χ3n) is 3.61. The largest absolute Gasteiger partial charge is 0.398 e. The Labute approximate surface area is 126 Å². The van der Waals surface area contributed by atoms with E-state index in [0.717, 1.165) is 13.1 Å². The number of anilines is 1. The molecular weight excluding hydrogens is 290 g/mol. The first-order valence-electron chi connectivity index (χ1n) is 7.07. The highest BCUT2D eigenvalue weighted by Gasteiger charge is 2.22. The highest BCUT2D eigenvalue weighted by atomic mass is 32.2. The van der Waals surface area contributed by atoms with Crippen molar-refractivity contribution >= 4 is 15.7 Å². The molecule has 0 saturated carbocycles. The number of sulfonamides is 1. The standard InChI is InChI=1S/C14H23N3O3S/c1-11(10-17-6-8-20-9-7-17)16-21(18,19)14-5-3-4-13(15)12(14)2/h3-5,11,16H,6-10,15H2,1-2H3. The van der Waals surface area contributed by atoms with Gasteiger partial charge in [0.15, 0.2) is 0 Å². The summed E-state index contributed by atoms with van der Waals surface area (Å²) in [6.07, 6.45) is 0. The molecule has 1 aliphatic rings. The van der Waals surface area contributed by atoms with Gasteiger partial charge in [0.05, 0.1) is 18.1 Å². The van der Waals surface area contributed by atoms with Gasteiger partial charge >= 0.3 is 0 Å². The summed E-state index contributed by atoms with van der Waals surface area (Å²) in [5.41, 5.74) is 6.85. The second-order valence-electron chi connectivity index (χ2n) is 5.41. The van der Waals surface area contributed by atoms with E-state index in [0.29, 0.717) is 31.0 Å². The van der Waals surface area contributed by atoms with Crippen LogP contribution < -0.4 is 10.5 Å². The third-order valence-corrected chi connectivity index (χ3v) is 5.34. The molecule has 21 heavy (non-hydrogen) atoms. The zero-order valence-corrected chi connectivity index (χ0v) is 13.3. The van der Waals surface area contributed by atoms with Gasteiger partial charge in [0, 0.05) is 31.4 Å². The van der Waals surface area contributed by atoms with E-state index in [1.165, 1.54) is 0 Å². The summed E-state index contributed by atoms with van der Waals surface area (Å²) < 4.78 is 32.9. The molecular formula is C14H23N3O3S. The molecule has 3 N–H and O–H groups in total. The molecule has 7 heteroatoms. The molecule has 0 amide bonds. The summed E-state index contributed by atoms with van der Waals surface area (Å²) in [7, 11) is -3.55. The Hall–Kier alpha value is -1.15. The van der Waals surface area contributed by atoms with Gasteiger partial charge in [0.25, 0.3) is 0 Å². The fraction of sp³-hybridized carbons (Fsp3) is 0.571. The lowest BCUT2D eigenvalue weighted by molar-refractivity contribution is 0.0354. The number of rotatable bonds is 5. The maximum atomic E-state index is 12.4. The van der Waals surface area contributed by atoms with E-state index in [-0.39, 0.29) is 10.9 Å². The normalized spacial score (nSPS) is 18.6. The first kappa shape index (κ1) is 16.2. The van der Waals surface area contributed by atoms with E-state index in [2.05, 4.69) is 9.62 Å². The van der Waals surface area contributed by atoms with Crippen molar-refractivity contribution in [1.29, 1.82) is 0 Å². The van der Waals surface area contributed by atoms with Crippen molar-refractivity contribution in [3.63, 3.8) is 0 Å². The predicted molar refractivity (Wildman–Crippen MR) is 82.6 cm³/mol. The summed E-state index contributed by atoms with van der Waals surface area (Å²) >= 11 is 0. The molecule has 118 valence electrons. The fourth-order valence-corrected chi connectivity index (χ4v) is 3.97. The number of hydrogen-bond donors (Lipinski definition) is 2. The van der Waals surface area contributed by atoms with Crippen molar-refractivity contribution in [2.45, 2.75) is 24.8 Å². The van der Waals surface area contributed by atoms with Crippen molar-refractivity contribution in [1.82, 2.24) is 9.62 Å². The molecule has 1 aromatic carbocycles. The number of nitrogens with two attached hydrogens (primary N) is 1. The van der Waals surface area contributed by atoms with Gasteiger partial charge in [-0.3, -0.25) is 4.90 Å². The third kappa shape index (κ3) is 4.16.